The van der Waals surface area contributed by atoms with Crippen molar-refractivity contribution < 1.29 is 19.2 Å². The summed E-state index contributed by atoms with van der Waals surface area (Å²) in [6.07, 6.45) is 1.13. The number of allylic oxidation sites excluding steroid dienone is 2. The predicted molar refractivity (Wildman–Crippen MR) is 116 cm³/mol. The summed E-state index contributed by atoms with van der Waals surface area (Å²) in [7, 11) is 1.58. The molecule has 1 atom stereocenters. The van der Waals surface area contributed by atoms with Crippen LogP contribution in [0, 0.1) is 15.5 Å². The molecule has 4 rings (SSSR count). The third-order valence-corrected chi connectivity index (χ3v) is 5.96. The first kappa shape index (κ1) is 20.8. The van der Waals surface area contributed by atoms with E-state index in [1.165, 1.54) is 12.1 Å². The summed E-state index contributed by atoms with van der Waals surface area (Å²) in [6, 6.07) is 13.4. The van der Waals surface area contributed by atoms with E-state index in [0.29, 0.717) is 35.5 Å². The quantitative estimate of drug-likeness (QED) is 0.525. The normalized spacial score (nSPS) is 20.5. The van der Waals surface area contributed by atoms with Gasteiger partial charge in [0.1, 0.15) is 5.75 Å². The maximum absolute atomic E-state index is 13.3. The summed E-state index contributed by atoms with van der Waals surface area (Å²) in [5.74, 6) is 0.244. The van der Waals surface area contributed by atoms with Gasteiger partial charge in [0.05, 0.1) is 12.0 Å². The van der Waals surface area contributed by atoms with Crippen molar-refractivity contribution in [3.63, 3.8) is 0 Å². The van der Waals surface area contributed by atoms with Crippen LogP contribution in [0.5, 0.6) is 5.75 Å². The molecule has 0 spiro atoms. The van der Waals surface area contributed by atoms with Crippen LogP contribution in [0.3, 0.4) is 0 Å². The molecule has 1 aliphatic carbocycles. The van der Waals surface area contributed by atoms with Gasteiger partial charge in [-0.2, -0.15) is 0 Å². The SMILES string of the molecule is COc1cccc(C2CC(=O)N(c3ccc([N+](=O)[O-])cc3)C3=C2C(=O)CC(C)(C)C3)c1. The largest absolute Gasteiger partial charge is 0.497 e. The number of rotatable bonds is 4. The van der Waals surface area contributed by atoms with Crippen molar-refractivity contribution >= 4 is 23.1 Å². The molecule has 7 nitrogen and oxygen atoms in total. The van der Waals surface area contributed by atoms with Crippen molar-refractivity contribution in [3.8, 4) is 5.75 Å². The Balaban J connectivity index is 1.86. The van der Waals surface area contributed by atoms with Gasteiger partial charge in [-0.05, 0) is 41.7 Å². The number of nitro benzene ring substituents is 1. The van der Waals surface area contributed by atoms with E-state index in [1.807, 2.05) is 38.1 Å². The van der Waals surface area contributed by atoms with E-state index < -0.39 is 4.92 Å². The van der Waals surface area contributed by atoms with Gasteiger partial charge in [-0.15, -0.1) is 0 Å². The van der Waals surface area contributed by atoms with Gasteiger partial charge in [-0.1, -0.05) is 26.0 Å². The summed E-state index contributed by atoms with van der Waals surface area (Å²) in [5, 5.41) is 11.0. The number of nitro groups is 1. The van der Waals surface area contributed by atoms with Crippen LogP contribution in [0.4, 0.5) is 11.4 Å². The number of ketones is 1. The molecule has 2 aromatic carbocycles. The van der Waals surface area contributed by atoms with Crippen LogP contribution in [0.2, 0.25) is 0 Å². The molecule has 0 saturated heterocycles. The third-order valence-electron chi connectivity index (χ3n) is 5.96. The molecule has 1 aliphatic heterocycles. The molecule has 0 bridgehead atoms. The van der Waals surface area contributed by atoms with E-state index in [-0.39, 0.29) is 35.1 Å². The number of hydrogen-bond donors (Lipinski definition) is 0. The Hall–Kier alpha value is -3.48. The molecular formula is C24H24N2O5. The number of non-ortho nitro benzene ring substituents is 1. The average molecular weight is 420 g/mol. The number of Topliss-reactive ketones (excluding diaryl/α,β-unsaturated/α-hetero) is 1. The standard InChI is InChI=1S/C24H24N2O5/c1-24(2)13-20-23(21(27)14-24)19(15-5-4-6-18(11-15)31-3)12-22(28)25(20)16-7-9-17(10-8-16)26(29)30/h4-11,19H,12-14H2,1-3H3. The molecule has 1 unspecified atom stereocenters. The highest BCUT2D eigenvalue weighted by molar-refractivity contribution is 6.07. The van der Waals surface area contributed by atoms with E-state index >= 15 is 0 Å². The van der Waals surface area contributed by atoms with Crippen LogP contribution in [-0.2, 0) is 9.59 Å². The number of anilines is 1. The number of carbonyl (C=O) groups is 2. The maximum Gasteiger partial charge on any atom is 0.269 e. The van der Waals surface area contributed by atoms with Crippen LogP contribution in [-0.4, -0.2) is 23.7 Å². The highest BCUT2D eigenvalue weighted by Crippen LogP contribution is 2.48. The minimum Gasteiger partial charge on any atom is -0.497 e. The molecule has 7 heteroatoms. The minimum atomic E-state index is -0.474. The van der Waals surface area contributed by atoms with Crippen molar-refractivity contribution in [2.45, 2.75) is 39.0 Å². The van der Waals surface area contributed by atoms with Crippen molar-refractivity contribution in [2.75, 3.05) is 12.0 Å². The van der Waals surface area contributed by atoms with Gasteiger partial charge < -0.3 is 4.74 Å². The van der Waals surface area contributed by atoms with Crippen LogP contribution < -0.4 is 9.64 Å². The van der Waals surface area contributed by atoms with Gasteiger partial charge in [-0.3, -0.25) is 24.6 Å². The molecule has 0 radical (unpaired) electrons. The van der Waals surface area contributed by atoms with Crippen LogP contribution in [0.15, 0.2) is 59.8 Å². The summed E-state index contributed by atoms with van der Waals surface area (Å²) < 4.78 is 5.34. The van der Waals surface area contributed by atoms with Crippen molar-refractivity contribution in [3.05, 3.63) is 75.5 Å². The van der Waals surface area contributed by atoms with E-state index in [9.17, 15) is 19.7 Å². The van der Waals surface area contributed by atoms with Gasteiger partial charge in [0.25, 0.3) is 5.69 Å². The second kappa shape index (κ2) is 7.65. The number of hydrogen-bond acceptors (Lipinski definition) is 5. The van der Waals surface area contributed by atoms with E-state index in [4.69, 9.17) is 4.74 Å². The number of carbonyl (C=O) groups excluding carboxylic acids is 2. The second-order valence-electron chi connectivity index (χ2n) is 8.84. The molecule has 31 heavy (non-hydrogen) atoms. The van der Waals surface area contributed by atoms with Gasteiger partial charge >= 0.3 is 0 Å². The number of amides is 1. The fourth-order valence-corrected chi connectivity index (χ4v) is 4.58. The highest BCUT2D eigenvalue weighted by Gasteiger charge is 2.44. The first-order chi connectivity index (χ1) is 14.7. The number of methoxy groups -OCH3 is 1. The first-order valence-corrected chi connectivity index (χ1v) is 10.2. The predicted octanol–water partition coefficient (Wildman–Crippen LogP) is 4.77. The third kappa shape index (κ3) is 3.83. The smallest absolute Gasteiger partial charge is 0.269 e. The van der Waals surface area contributed by atoms with Gasteiger partial charge in [0, 0.05) is 47.8 Å². The molecule has 1 amide bonds. The van der Waals surface area contributed by atoms with Gasteiger partial charge in [0.2, 0.25) is 5.91 Å². The minimum absolute atomic E-state index is 0.0403. The molecule has 0 fully saturated rings. The number of nitrogens with zero attached hydrogens (tertiary/aromatic N) is 2. The fraction of sp³-hybridized carbons (Fsp3) is 0.333. The molecule has 0 saturated carbocycles. The molecule has 2 aromatic rings. The van der Waals surface area contributed by atoms with E-state index in [1.54, 1.807) is 24.1 Å². The maximum atomic E-state index is 13.3. The van der Waals surface area contributed by atoms with Gasteiger partial charge in [0.15, 0.2) is 5.78 Å². The highest BCUT2D eigenvalue weighted by atomic mass is 16.6. The molecule has 2 aliphatic rings. The lowest BCUT2D eigenvalue weighted by Gasteiger charge is -2.43. The molecule has 0 aromatic heterocycles. The second-order valence-corrected chi connectivity index (χ2v) is 8.84. The van der Waals surface area contributed by atoms with Gasteiger partial charge in [-0.25, -0.2) is 0 Å². The Bertz CT molecular complexity index is 1100. The van der Waals surface area contributed by atoms with Crippen LogP contribution in [0.25, 0.3) is 0 Å². The molecule has 160 valence electrons. The van der Waals surface area contributed by atoms with Crippen molar-refractivity contribution in [1.82, 2.24) is 0 Å². The summed E-state index contributed by atoms with van der Waals surface area (Å²) in [5.41, 5.74) is 2.43. The lowest BCUT2D eigenvalue weighted by molar-refractivity contribution is -0.384. The van der Waals surface area contributed by atoms with Crippen molar-refractivity contribution in [1.29, 1.82) is 0 Å². The Kier molecular flexibility index (Phi) is 5.13. The summed E-state index contributed by atoms with van der Waals surface area (Å²) >= 11 is 0. The first-order valence-electron chi connectivity index (χ1n) is 10.2. The van der Waals surface area contributed by atoms with E-state index in [0.717, 1.165) is 5.56 Å². The van der Waals surface area contributed by atoms with Crippen LogP contribution in [0.1, 0.15) is 44.6 Å². The zero-order chi connectivity index (χ0) is 22.3. The Morgan fingerprint density at radius 3 is 2.45 bits per heavy atom. The average Bonchev–Trinajstić information content (AvgIpc) is 2.72. The Labute approximate surface area is 180 Å². The summed E-state index contributed by atoms with van der Waals surface area (Å²) in [4.78, 5) is 38.8. The van der Waals surface area contributed by atoms with E-state index in [2.05, 4.69) is 0 Å². The topological polar surface area (TPSA) is 89.8 Å². The number of ether oxygens (including phenoxy) is 1. The lowest BCUT2D eigenvalue weighted by atomic mass is 9.69. The van der Waals surface area contributed by atoms with Crippen molar-refractivity contribution in [2.24, 2.45) is 5.41 Å². The number of benzene rings is 2. The van der Waals surface area contributed by atoms with Crippen LogP contribution >= 0.6 is 0 Å². The fourth-order valence-electron chi connectivity index (χ4n) is 4.58. The zero-order valence-corrected chi connectivity index (χ0v) is 17.8. The zero-order valence-electron chi connectivity index (χ0n) is 17.8. The Morgan fingerprint density at radius 2 is 1.81 bits per heavy atom. The Morgan fingerprint density at radius 1 is 1.10 bits per heavy atom. The monoisotopic (exact) mass is 420 g/mol. The molecule has 0 N–H and O–H groups in total. The molecular weight excluding hydrogens is 396 g/mol. The summed E-state index contributed by atoms with van der Waals surface area (Å²) in [6.45, 7) is 4.03. The molecule has 1 heterocycles. The lowest BCUT2D eigenvalue weighted by Crippen LogP contribution is -2.43.